The third-order valence-corrected chi connectivity index (χ3v) is 3.29. The molecule has 0 aromatic heterocycles. The van der Waals surface area contributed by atoms with Crippen LogP contribution in [0.4, 0.5) is 0 Å². The minimum atomic E-state index is -1.08. The fourth-order valence-electron chi connectivity index (χ4n) is 2.10. The zero-order chi connectivity index (χ0) is 16.8. The summed E-state index contributed by atoms with van der Waals surface area (Å²) in [6.45, 7) is 0. The second kappa shape index (κ2) is 7.14. The first kappa shape index (κ1) is 16.1. The zero-order valence-electron chi connectivity index (χ0n) is 12.7. The van der Waals surface area contributed by atoms with Crippen LogP contribution in [0, 0.1) is 11.3 Å². The van der Waals surface area contributed by atoms with E-state index in [0.717, 1.165) is 5.56 Å². The van der Waals surface area contributed by atoms with E-state index in [-0.39, 0.29) is 11.3 Å². The summed E-state index contributed by atoms with van der Waals surface area (Å²) >= 11 is 0. The van der Waals surface area contributed by atoms with Crippen molar-refractivity contribution in [2.24, 2.45) is 0 Å². The zero-order valence-corrected chi connectivity index (χ0v) is 12.7. The van der Waals surface area contributed by atoms with Crippen molar-refractivity contribution in [3.63, 3.8) is 0 Å². The van der Waals surface area contributed by atoms with E-state index in [4.69, 9.17) is 9.47 Å². The van der Waals surface area contributed by atoms with Crippen molar-refractivity contribution in [2.45, 2.75) is 0 Å². The predicted octanol–water partition coefficient (Wildman–Crippen LogP) is 3.47. The molecule has 0 unspecified atom stereocenters. The molecule has 2 aromatic rings. The number of nitriles is 1. The van der Waals surface area contributed by atoms with E-state index in [1.165, 1.54) is 13.2 Å². The molecule has 0 aliphatic heterocycles. The van der Waals surface area contributed by atoms with Crippen molar-refractivity contribution in [3.05, 3.63) is 59.2 Å². The van der Waals surface area contributed by atoms with Crippen molar-refractivity contribution in [1.82, 2.24) is 0 Å². The smallest absolute Gasteiger partial charge is 0.339 e. The molecule has 1 N–H and O–H groups in total. The quantitative estimate of drug-likeness (QED) is 0.676. The normalized spacial score (nSPS) is 10.7. The number of ether oxygens (including phenoxy) is 2. The maximum atomic E-state index is 11.2. The topological polar surface area (TPSA) is 79.5 Å². The molecule has 2 aromatic carbocycles. The first-order valence-corrected chi connectivity index (χ1v) is 6.76. The number of carboxylic acid groups (broad SMARTS) is 1. The van der Waals surface area contributed by atoms with E-state index in [9.17, 15) is 15.2 Å². The number of methoxy groups -OCH3 is 2. The van der Waals surface area contributed by atoms with Crippen LogP contribution >= 0.6 is 0 Å². The number of hydrogen-bond acceptors (Lipinski definition) is 4. The van der Waals surface area contributed by atoms with Gasteiger partial charge in [0, 0.05) is 0 Å². The van der Waals surface area contributed by atoms with Gasteiger partial charge in [0.05, 0.1) is 25.9 Å². The number of nitrogens with zero attached hydrogens (tertiary/aromatic N) is 1. The minimum absolute atomic E-state index is 0.0493. The second-order valence-electron chi connectivity index (χ2n) is 4.66. The largest absolute Gasteiger partial charge is 0.497 e. The number of allylic oxidation sites excluding steroid dienone is 1. The number of carboxylic acids is 1. The third kappa shape index (κ3) is 3.69. The predicted molar refractivity (Wildman–Crippen MR) is 86.4 cm³/mol. The molecule has 0 saturated carbocycles. The molecule has 5 heteroatoms. The van der Waals surface area contributed by atoms with E-state index in [1.54, 1.807) is 49.6 Å². The SMILES string of the molecule is COc1ccc(/C(C#N)=C/c2ccc(OC)c(C(=O)O)c2)cc1. The van der Waals surface area contributed by atoms with Crippen LogP contribution in [0.1, 0.15) is 21.5 Å². The van der Waals surface area contributed by atoms with Gasteiger partial charge in [-0.05, 0) is 53.6 Å². The first-order valence-electron chi connectivity index (χ1n) is 6.76. The maximum absolute atomic E-state index is 11.2. The molecule has 0 bridgehead atoms. The Labute approximate surface area is 134 Å². The van der Waals surface area contributed by atoms with Gasteiger partial charge in [0.2, 0.25) is 0 Å². The second-order valence-corrected chi connectivity index (χ2v) is 4.66. The molecule has 0 aliphatic carbocycles. The van der Waals surface area contributed by atoms with Gasteiger partial charge < -0.3 is 14.6 Å². The van der Waals surface area contributed by atoms with Crippen LogP contribution in [0.2, 0.25) is 0 Å². The highest BCUT2D eigenvalue weighted by atomic mass is 16.5. The number of carbonyl (C=O) groups is 1. The van der Waals surface area contributed by atoms with Gasteiger partial charge in [0.25, 0.3) is 0 Å². The minimum Gasteiger partial charge on any atom is -0.497 e. The van der Waals surface area contributed by atoms with Crippen LogP contribution in [0.15, 0.2) is 42.5 Å². The molecule has 5 nitrogen and oxygen atoms in total. The fourth-order valence-corrected chi connectivity index (χ4v) is 2.10. The lowest BCUT2D eigenvalue weighted by Crippen LogP contribution is -2.00. The van der Waals surface area contributed by atoms with Gasteiger partial charge in [-0.3, -0.25) is 0 Å². The molecular formula is C18H15NO4. The van der Waals surface area contributed by atoms with Crippen LogP contribution in [0.25, 0.3) is 11.6 Å². The van der Waals surface area contributed by atoms with E-state index in [1.807, 2.05) is 0 Å². The Morgan fingerprint density at radius 3 is 2.35 bits per heavy atom. The molecule has 0 aliphatic rings. The Hall–Kier alpha value is -3.26. The van der Waals surface area contributed by atoms with Gasteiger partial charge in [-0.1, -0.05) is 6.07 Å². The van der Waals surface area contributed by atoms with Gasteiger partial charge in [0.15, 0.2) is 0 Å². The molecule has 0 fully saturated rings. The summed E-state index contributed by atoms with van der Waals surface area (Å²) in [4.78, 5) is 11.2. The van der Waals surface area contributed by atoms with Crippen LogP contribution in [-0.2, 0) is 0 Å². The molecule has 0 spiro atoms. The lowest BCUT2D eigenvalue weighted by atomic mass is 10.0. The molecule has 0 atom stereocenters. The highest BCUT2D eigenvalue weighted by Crippen LogP contribution is 2.24. The lowest BCUT2D eigenvalue weighted by molar-refractivity contribution is 0.0693. The number of benzene rings is 2. The average Bonchev–Trinajstić information content (AvgIpc) is 2.59. The van der Waals surface area contributed by atoms with Crippen LogP contribution in [-0.4, -0.2) is 25.3 Å². The Balaban J connectivity index is 2.43. The van der Waals surface area contributed by atoms with E-state index in [2.05, 4.69) is 6.07 Å². The van der Waals surface area contributed by atoms with Gasteiger partial charge >= 0.3 is 5.97 Å². The number of hydrogen-bond donors (Lipinski definition) is 1. The van der Waals surface area contributed by atoms with Crippen molar-refractivity contribution in [2.75, 3.05) is 14.2 Å². The number of rotatable bonds is 5. The summed E-state index contributed by atoms with van der Waals surface area (Å²) in [6.07, 6.45) is 1.63. The Morgan fingerprint density at radius 1 is 1.13 bits per heavy atom. The van der Waals surface area contributed by atoms with Gasteiger partial charge in [-0.15, -0.1) is 0 Å². The molecule has 116 valence electrons. The fraction of sp³-hybridized carbons (Fsp3) is 0.111. The Kier molecular flexibility index (Phi) is 5.00. The maximum Gasteiger partial charge on any atom is 0.339 e. The summed E-state index contributed by atoms with van der Waals surface area (Å²) in [6, 6.07) is 13.9. The highest BCUT2D eigenvalue weighted by Gasteiger charge is 2.11. The third-order valence-electron chi connectivity index (χ3n) is 3.29. The summed E-state index contributed by atoms with van der Waals surface area (Å²) in [7, 11) is 2.98. The molecular weight excluding hydrogens is 294 g/mol. The van der Waals surface area contributed by atoms with Crippen molar-refractivity contribution in [3.8, 4) is 17.6 Å². The van der Waals surface area contributed by atoms with E-state index < -0.39 is 5.97 Å². The Bertz CT molecular complexity index is 786. The van der Waals surface area contributed by atoms with Crippen LogP contribution in [0.5, 0.6) is 11.5 Å². The summed E-state index contributed by atoms with van der Waals surface area (Å²) < 4.78 is 10.1. The van der Waals surface area contributed by atoms with Gasteiger partial charge in [-0.2, -0.15) is 5.26 Å². The van der Waals surface area contributed by atoms with Crippen molar-refractivity contribution < 1.29 is 19.4 Å². The van der Waals surface area contributed by atoms with Gasteiger partial charge in [-0.25, -0.2) is 4.79 Å². The van der Waals surface area contributed by atoms with Crippen molar-refractivity contribution >= 4 is 17.6 Å². The molecule has 0 heterocycles. The van der Waals surface area contributed by atoms with Crippen LogP contribution < -0.4 is 9.47 Å². The molecule has 0 saturated heterocycles. The Morgan fingerprint density at radius 2 is 1.83 bits per heavy atom. The molecule has 2 rings (SSSR count). The van der Waals surface area contributed by atoms with E-state index >= 15 is 0 Å². The summed E-state index contributed by atoms with van der Waals surface area (Å²) in [5, 5.41) is 18.6. The van der Waals surface area contributed by atoms with Gasteiger partial charge in [0.1, 0.15) is 17.1 Å². The number of aromatic carboxylic acids is 1. The highest BCUT2D eigenvalue weighted by molar-refractivity contribution is 5.94. The summed E-state index contributed by atoms with van der Waals surface area (Å²) in [5.74, 6) is -0.110. The molecule has 0 amide bonds. The molecule has 0 radical (unpaired) electrons. The first-order chi connectivity index (χ1) is 11.1. The lowest BCUT2D eigenvalue weighted by Gasteiger charge is -2.06. The summed E-state index contributed by atoms with van der Waals surface area (Å²) in [5.41, 5.74) is 1.80. The van der Waals surface area contributed by atoms with E-state index in [0.29, 0.717) is 16.9 Å². The monoisotopic (exact) mass is 309 g/mol. The molecule has 23 heavy (non-hydrogen) atoms. The standard InChI is InChI=1S/C18H15NO4/c1-22-15-6-4-13(5-7-15)14(11-19)9-12-3-8-17(23-2)16(10-12)18(20)21/h3-10H,1-2H3,(H,20,21)/b14-9+. The van der Waals surface area contributed by atoms with Crippen molar-refractivity contribution in [1.29, 1.82) is 5.26 Å². The average molecular weight is 309 g/mol. The van der Waals surface area contributed by atoms with Crippen LogP contribution in [0.3, 0.4) is 0 Å².